The Morgan fingerprint density at radius 2 is 1.57 bits per heavy atom. The van der Waals surface area contributed by atoms with Gasteiger partial charge in [-0.3, -0.25) is 29.8 Å². The molecule has 2 aromatic rings. The molecule has 28 heavy (non-hydrogen) atoms. The van der Waals surface area contributed by atoms with Gasteiger partial charge in [0.25, 0.3) is 23.2 Å². The van der Waals surface area contributed by atoms with Crippen molar-refractivity contribution in [3.05, 3.63) is 73.8 Å². The standard InChI is InChI=1S/C18H18N4O6/c1-3-20(4-2)18(24)12-5-7-13(8-6-12)19-17(23)15-10-9-14(21(25)26)11-16(15)22(27)28/h5-11H,3-4H2,1-2H3,(H,19,23). The maximum atomic E-state index is 12.4. The second-order valence-corrected chi connectivity index (χ2v) is 5.72. The summed E-state index contributed by atoms with van der Waals surface area (Å²) in [4.78, 5) is 46.6. The molecular formula is C18H18N4O6. The van der Waals surface area contributed by atoms with Crippen LogP contribution in [0.5, 0.6) is 0 Å². The second-order valence-electron chi connectivity index (χ2n) is 5.72. The minimum atomic E-state index is -0.853. The third kappa shape index (κ3) is 4.47. The number of hydrogen-bond acceptors (Lipinski definition) is 6. The Bertz CT molecular complexity index is 922. The van der Waals surface area contributed by atoms with E-state index in [0.717, 1.165) is 18.2 Å². The van der Waals surface area contributed by atoms with Gasteiger partial charge in [0.15, 0.2) is 0 Å². The summed E-state index contributed by atoms with van der Waals surface area (Å²) in [6, 6.07) is 8.89. The van der Waals surface area contributed by atoms with E-state index in [4.69, 9.17) is 0 Å². The average molecular weight is 386 g/mol. The Labute approximate surface area is 160 Å². The Hall–Kier alpha value is -3.82. The average Bonchev–Trinajstić information content (AvgIpc) is 2.68. The van der Waals surface area contributed by atoms with Crippen molar-refractivity contribution in [2.45, 2.75) is 13.8 Å². The number of rotatable bonds is 7. The number of nitrogens with zero attached hydrogens (tertiary/aromatic N) is 3. The first-order valence-corrected chi connectivity index (χ1v) is 8.42. The van der Waals surface area contributed by atoms with Gasteiger partial charge in [-0.1, -0.05) is 0 Å². The van der Waals surface area contributed by atoms with Crippen LogP contribution in [0.2, 0.25) is 0 Å². The molecule has 0 saturated heterocycles. The van der Waals surface area contributed by atoms with Crippen molar-refractivity contribution in [2.24, 2.45) is 0 Å². The maximum Gasteiger partial charge on any atom is 0.289 e. The fourth-order valence-electron chi connectivity index (χ4n) is 2.56. The predicted molar refractivity (Wildman–Crippen MR) is 101 cm³/mol. The second kappa shape index (κ2) is 8.71. The molecule has 2 rings (SSSR count). The highest BCUT2D eigenvalue weighted by Gasteiger charge is 2.24. The highest BCUT2D eigenvalue weighted by atomic mass is 16.6. The molecule has 0 bridgehead atoms. The van der Waals surface area contributed by atoms with E-state index in [0.29, 0.717) is 24.3 Å². The van der Waals surface area contributed by atoms with Crippen LogP contribution in [0.25, 0.3) is 0 Å². The fraction of sp³-hybridized carbons (Fsp3) is 0.222. The van der Waals surface area contributed by atoms with E-state index in [1.807, 2.05) is 13.8 Å². The smallest absolute Gasteiger partial charge is 0.289 e. The van der Waals surface area contributed by atoms with E-state index in [1.165, 1.54) is 12.1 Å². The van der Waals surface area contributed by atoms with E-state index < -0.39 is 27.1 Å². The highest BCUT2D eigenvalue weighted by molar-refractivity contribution is 6.07. The molecule has 146 valence electrons. The van der Waals surface area contributed by atoms with Gasteiger partial charge >= 0.3 is 0 Å². The number of nitro benzene ring substituents is 2. The Balaban J connectivity index is 2.22. The predicted octanol–water partition coefficient (Wildman–Crippen LogP) is 3.24. The van der Waals surface area contributed by atoms with Crippen molar-refractivity contribution in [1.82, 2.24) is 4.90 Å². The molecule has 0 saturated carbocycles. The molecule has 0 heterocycles. The molecule has 0 spiro atoms. The van der Waals surface area contributed by atoms with E-state index in [1.54, 1.807) is 17.0 Å². The fourth-order valence-corrected chi connectivity index (χ4v) is 2.56. The summed E-state index contributed by atoms with van der Waals surface area (Å²) in [5.41, 5.74) is -0.682. The third-order valence-corrected chi connectivity index (χ3v) is 4.07. The summed E-state index contributed by atoms with van der Waals surface area (Å²) in [6.45, 7) is 4.87. The molecule has 0 aromatic heterocycles. The van der Waals surface area contributed by atoms with Gasteiger partial charge in [0.2, 0.25) is 0 Å². The van der Waals surface area contributed by atoms with Gasteiger partial charge in [0.1, 0.15) is 5.56 Å². The van der Waals surface area contributed by atoms with E-state index in [9.17, 15) is 29.8 Å². The van der Waals surface area contributed by atoms with Crippen molar-refractivity contribution in [1.29, 1.82) is 0 Å². The van der Waals surface area contributed by atoms with Crippen LogP contribution in [0.1, 0.15) is 34.6 Å². The lowest BCUT2D eigenvalue weighted by Crippen LogP contribution is -2.30. The third-order valence-electron chi connectivity index (χ3n) is 4.07. The van der Waals surface area contributed by atoms with Gasteiger partial charge in [-0.25, -0.2) is 0 Å². The number of carbonyl (C=O) groups is 2. The first-order valence-electron chi connectivity index (χ1n) is 8.42. The lowest BCUT2D eigenvalue weighted by Gasteiger charge is -2.18. The van der Waals surface area contributed by atoms with Gasteiger partial charge in [-0.15, -0.1) is 0 Å². The Kier molecular flexibility index (Phi) is 6.38. The van der Waals surface area contributed by atoms with Crippen LogP contribution in [0.15, 0.2) is 42.5 Å². The minimum Gasteiger partial charge on any atom is -0.339 e. The molecule has 2 amide bonds. The van der Waals surface area contributed by atoms with Crippen molar-refractivity contribution in [2.75, 3.05) is 18.4 Å². The Morgan fingerprint density at radius 1 is 0.964 bits per heavy atom. The largest absolute Gasteiger partial charge is 0.339 e. The van der Waals surface area contributed by atoms with Crippen LogP contribution in [0.4, 0.5) is 17.1 Å². The number of hydrogen-bond donors (Lipinski definition) is 1. The number of nitro groups is 2. The molecule has 0 atom stereocenters. The molecule has 1 N–H and O–H groups in total. The molecule has 10 nitrogen and oxygen atoms in total. The highest BCUT2D eigenvalue weighted by Crippen LogP contribution is 2.25. The molecule has 10 heteroatoms. The van der Waals surface area contributed by atoms with Gasteiger partial charge < -0.3 is 10.2 Å². The first kappa shape index (κ1) is 20.5. The number of non-ortho nitro benzene ring substituents is 1. The summed E-state index contributed by atoms with van der Waals surface area (Å²) in [5, 5.41) is 24.4. The molecule has 0 aliphatic carbocycles. The minimum absolute atomic E-state index is 0.145. The lowest BCUT2D eigenvalue weighted by molar-refractivity contribution is -0.394. The van der Waals surface area contributed by atoms with Crippen molar-refractivity contribution < 1.29 is 19.4 Å². The molecular weight excluding hydrogens is 368 g/mol. The van der Waals surface area contributed by atoms with Crippen LogP contribution in [-0.4, -0.2) is 39.7 Å². The molecule has 2 aromatic carbocycles. The molecule has 0 aliphatic heterocycles. The lowest BCUT2D eigenvalue weighted by atomic mass is 10.1. The number of nitrogens with one attached hydrogen (secondary N) is 1. The van der Waals surface area contributed by atoms with Crippen molar-refractivity contribution >= 4 is 28.9 Å². The summed E-state index contributed by atoms with van der Waals surface area (Å²) in [7, 11) is 0. The van der Waals surface area contributed by atoms with Crippen molar-refractivity contribution in [3.8, 4) is 0 Å². The zero-order chi connectivity index (χ0) is 20.8. The van der Waals surface area contributed by atoms with E-state index in [-0.39, 0.29) is 11.5 Å². The molecule has 0 fully saturated rings. The number of anilines is 1. The molecule has 0 radical (unpaired) electrons. The van der Waals surface area contributed by atoms with Crippen LogP contribution < -0.4 is 5.32 Å². The van der Waals surface area contributed by atoms with Crippen LogP contribution in [-0.2, 0) is 0 Å². The van der Waals surface area contributed by atoms with Crippen LogP contribution >= 0.6 is 0 Å². The first-order chi connectivity index (χ1) is 13.3. The van der Waals surface area contributed by atoms with Gasteiger partial charge in [-0.05, 0) is 44.2 Å². The maximum absolute atomic E-state index is 12.4. The summed E-state index contributed by atoms with van der Waals surface area (Å²) in [6.07, 6.45) is 0. The van der Waals surface area contributed by atoms with Crippen molar-refractivity contribution in [3.63, 3.8) is 0 Å². The van der Waals surface area contributed by atoms with Gasteiger partial charge in [0.05, 0.1) is 15.9 Å². The quantitative estimate of drug-likeness (QED) is 0.573. The topological polar surface area (TPSA) is 136 Å². The van der Waals surface area contributed by atoms with Gasteiger partial charge in [0, 0.05) is 30.4 Å². The number of carbonyl (C=O) groups excluding carboxylic acids is 2. The zero-order valence-corrected chi connectivity index (χ0v) is 15.2. The summed E-state index contributed by atoms with van der Waals surface area (Å²) in [5.74, 6) is -0.932. The molecule has 0 unspecified atom stereocenters. The van der Waals surface area contributed by atoms with E-state index in [2.05, 4.69) is 5.32 Å². The summed E-state index contributed by atoms with van der Waals surface area (Å²) >= 11 is 0. The number of benzene rings is 2. The Morgan fingerprint density at radius 3 is 2.07 bits per heavy atom. The van der Waals surface area contributed by atoms with E-state index >= 15 is 0 Å². The zero-order valence-electron chi connectivity index (χ0n) is 15.2. The SMILES string of the molecule is CCN(CC)C(=O)c1ccc(NC(=O)c2ccc([N+](=O)[O-])cc2[N+](=O)[O-])cc1. The van der Waals surface area contributed by atoms with Crippen LogP contribution in [0.3, 0.4) is 0 Å². The molecule has 0 aliphatic rings. The number of amides is 2. The summed E-state index contributed by atoms with van der Waals surface area (Å²) < 4.78 is 0. The van der Waals surface area contributed by atoms with Gasteiger partial charge in [-0.2, -0.15) is 0 Å². The monoisotopic (exact) mass is 386 g/mol. The van der Waals surface area contributed by atoms with Crippen LogP contribution in [0, 0.1) is 20.2 Å². The normalized spacial score (nSPS) is 10.2.